The number of primary amides is 1. The van der Waals surface area contributed by atoms with Gasteiger partial charge in [-0.1, -0.05) is 102 Å². The normalized spacial score (nSPS) is 25.6. The lowest BCUT2D eigenvalue weighted by Crippen LogP contribution is -2.61. The number of aromatic amines is 2. The molecule has 15 amide bonds. The molecule has 700 valence electrons. The molecule has 0 unspecified atom stereocenters. The fraction of sp³-hybridized carbons (Fsp3) is 0.568. The van der Waals surface area contributed by atoms with Gasteiger partial charge in [-0.2, -0.15) is 0 Å². The van der Waals surface area contributed by atoms with E-state index in [-0.39, 0.29) is 114 Å². The van der Waals surface area contributed by atoms with Gasteiger partial charge >= 0.3 is 0 Å². The highest BCUT2D eigenvalue weighted by Crippen LogP contribution is 2.30. The summed E-state index contributed by atoms with van der Waals surface area (Å²) in [6.45, 7) is 5.81. The van der Waals surface area contributed by atoms with Crippen molar-refractivity contribution in [1.82, 2.24) is 82.3 Å². The van der Waals surface area contributed by atoms with Gasteiger partial charge < -0.3 is 121 Å². The van der Waals surface area contributed by atoms with Crippen LogP contribution in [0.2, 0.25) is 0 Å². The van der Waals surface area contributed by atoms with Gasteiger partial charge in [0, 0.05) is 112 Å². The van der Waals surface area contributed by atoms with E-state index in [9.17, 15) is 58.5 Å². The van der Waals surface area contributed by atoms with Crippen LogP contribution in [-0.4, -0.2) is 307 Å². The summed E-state index contributed by atoms with van der Waals surface area (Å²) < 4.78 is 0. The van der Waals surface area contributed by atoms with Crippen LogP contribution in [0.15, 0.2) is 85.2 Å². The smallest absolute Gasteiger partial charge is 0.245 e. The monoisotopic (exact) mass is 1800 g/mol. The minimum Gasteiger partial charge on any atom is -0.508 e. The quantitative estimate of drug-likeness (QED) is 0.0321. The summed E-state index contributed by atoms with van der Waals surface area (Å²) in [5.74, 6) is -16.3. The van der Waals surface area contributed by atoms with Crippen LogP contribution in [-0.2, 0) is 96.0 Å². The Morgan fingerprint density at radius 3 is 1.72 bits per heavy atom. The second-order valence-corrected chi connectivity index (χ2v) is 34.6. The van der Waals surface area contributed by atoms with E-state index in [1.807, 2.05) is 13.8 Å². The first-order valence-corrected chi connectivity index (χ1v) is 45.0. The number of aromatic hydroxyl groups is 1. The molecule has 3 aromatic carbocycles. The van der Waals surface area contributed by atoms with E-state index in [0.29, 0.717) is 64.2 Å². The summed E-state index contributed by atoms with van der Waals surface area (Å²) in [5.41, 5.74) is 26.6. The average molecular weight is 1800 g/mol. The number of benzene rings is 3. The molecule has 0 spiro atoms. The molecule has 3 aliphatic rings. The maximum atomic E-state index is 15.7. The largest absolute Gasteiger partial charge is 0.508 e. The number of amides is 15. The first-order valence-electron chi connectivity index (χ1n) is 43.8. The van der Waals surface area contributed by atoms with Crippen LogP contribution in [0.5, 0.6) is 5.75 Å². The summed E-state index contributed by atoms with van der Waals surface area (Å²) >= 11 is 0.809. The van der Waals surface area contributed by atoms with Crippen molar-refractivity contribution in [1.29, 1.82) is 0 Å². The number of H-pyrrole nitrogens is 2. The first-order chi connectivity index (χ1) is 61.1. The predicted octanol–water partition coefficient (Wildman–Crippen LogP) is -1.90. The van der Waals surface area contributed by atoms with Gasteiger partial charge in [-0.15, -0.1) is 11.8 Å². The first kappa shape index (κ1) is 102. The van der Waals surface area contributed by atoms with Gasteiger partial charge in [-0.25, -0.2) is 0 Å². The molecule has 5 aromatic rings. The van der Waals surface area contributed by atoms with Crippen LogP contribution in [0.4, 0.5) is 0 Å². The summed E-state index contributed by atoms with van der Waals surface area (Å²) in [6.07, 6.45) is 2.45. The van der Waals surface area contributed by atoms with Crippen molar-refractivity contribution in [3.05, 3.63) is 102 Å². The molecule has 40 heteroatoms. The van der Waals surface area contributed by atoms with E-state index in [2.05, 4.69) is 57.8 Å². The van der Waals surface area contributed by atoms with Gasteiger partial charge in [0.15, 0.2) is 5.78 Å². The number of thioether (sulfide) groups is 1. The number of carbonyl (C=O) groups is 16. The third kappa shape index (κ3) is 27.7. The topological polar surface area (TPSA) is 594 Å². The van der Waals surface area contributed by atoms with Crippen molar-refractivity contribution < 1.29 is 92.0 Å². The lowest BCUT2D eigenvalue weighted by Gasteiger charge is -2.36. The maximum Gasteiger partial charge on any atom is 0.245 e. The Bertz CT molecular complexity index is 4720. The number of ketones is 1. The van der Waals surface area contributed by atoms with Crippen LogP contribution < -0.4 is 70.8 Å². The molecule has 0 saturated carbocycles. The predicted molar refractivity (Wildman–Crippen MR) is 477 cm³/mol. The molecule has 39 nitrogen and oxygen atoms in total. The molecule has 3 fully saturated rings. The number of aromatic nitrogens is 2. The molecule has 3 aliphatic heterocycles. The van der Waals surface area contributed by atoms with Gasteiger partial charge in [0.2, 0.25) is 88.6 Å². The third-order valence-electron chi connectivity index (χ3n) is 23.6. The van der Waals surface area contributed by atoms with Crippen LogP contribution in [0, 0.1) is 11.8 Å². The number of fused-ring (bicyclic) bond motifs is 4. The Morgan fingerprint density at radius 2 is 1.11 bits per heavy atom. The number of aliphatic hydroxyl groups is 2. The van der Waals surface area contributed by atoms with Gasteiger partial charge in [-0.3, -0.25) is 76.7 Å². The molecule has 15 atom stereocenters. The highest BCUT2D eigenvalue weighted by Gasteiger charge is 2.46. The lowest BCUT2D eigenvalue weighted by molar-refractivity contribution is -0.149. The number of aliphatic hydroxyl groups excluding tert-OH is 2. The SMILES string of the molecule is CCCC[C@H]1C(=O)N(C)[C@@H](CCCC)C(=O)N[C@@H](CCCN)C(=O)N[C@H](C(=O)NCC(N)=O)CSCC(=O)N[C@@H](Cc2ccc(O)cc2)C(=O)N(C)[C@@H](C)C(=O)N[C@@H](CCN)C(=O)N2CCC[C@H]2C(=O)N[C@@H](CN)C(=O)N[C@@H](CC(C)C)C(=O)N2C[C@H](O)C[C@H]2C(=O)C[C@@H](Cc2c[nH]c3ccccc23)C(=O)N[C@@H](CO)C(=O)N[C@@H](Cc2c[nH]c3ccccc23)C(=O)N1C. The van der Waals surface area contributed by atoms with Gasteiger partial charge in [-0.05, 0) is 125 Å². The fourth-order valence-electron chi connectivity index (χ4n) is 16.3. The van der Waals surface area contributed by atoms with E-state index >= 15 is 33.6 Å². The molecule has 2 aromatic heterocycles. The van der Waals surface area contributed by atoms with Crippen molar-refractivity contribution in [3.8, 4) is 5.75 Å². The number of Topliss-reactive ketones (excluding diaryl/α,β-unsaturated/α-hetero) is 1. The summed E-state index contributed by atoms with van der Waals surface area (Å²) in [5, 5.41) is 58.0. The Kier molecular flexibility index (Phi) is 39.1. The minimum absolute atomic E-state index is 0.00426. The highest BCUT2D eigenvalue weighted by atomic mass is 32.2. The molecule has 0 bridgehead atoms. The summed E-state index contributed by atoms with van der Waals surface area (Å²) in [7, 11) is 4.02. The molecule has 0 radical (unpaired) electrons. The zero-order valence-electron chi connectivity index (χ0n) is 74.0. The second-order valence-electron chi connectivity index (χ2n) is 33.6. The van der Waals surface area contributed by atoms with Crippen molar-refractivity contribution in [2.24, 2.45) is 34.8 Å². The number of phenols is 1. The average Bonchev–Trinajstić information content (AvgIpc) is 1.55. The minimum atomic E-state index is -1.82. The third-order valence-corrected chi connectivity index (χ3v) is 24.7. The zero-order chi connectivity index (χ0) is 93.8. The second kappa shape index (κ2) is 49.1. The number of likely N-dealkylation sites (N-methyl/N-ethyl adjacent to an activating group) is 3. The summed E-state index contributed by atoms with van der Waals surface area (Å²) in [6, 6.07) is 1.12. The fourth-order valence-corrected chi connectivity index (χ4v) is 17.1. The van der Waals surface area contributed by atoms with Crippen LogP contribution in [0.1, 0.15) is 141 Å². The van der Waals surface area contributed by atoms with E-state index < -0.39 is 223 Å². The van der Waals surface area contributed by atoms with Gasteiger partial charge in [0.05, 0.1) is 31.1 Å². The van der Waals surface area contributed by atoms with E-state index in [0.717, 1.165) is 26.5 Å². The van der Waals surface area contributed by atoms with Crippen molar-refractivity contribution in [2.75, 3.05) is 78.5 Å². The molecule has 3 saturated heterocycles. The summed E-state index contributed by atoms with van der Waals surface area (Å²) in [4.78, 5) is 247. The number of nitrogens with two attached hydrogens (primary N) is 4. The number of carbonyl (C=O) groups excluding carboxylic acids is 16. The van der Waals surface area contributed by atoms with Crippen LogP contribution >= 0.6 is 11.8 Å². The van der Waals surface area contributed by atoms with E-state index in [4.69, 9.17) is 22.9 Å². The van der Waals surface area contributed by atoms with Crippen LogP contribution in [0.3, 0.4) is 0 Å². The van der Waals surface area contributed by atoms with Crippen molar-refractivity contribution in [3.63, 3.8) is 0 Å². The number of phenolic OH excluding ortho intramolecular Hbond substituents is 1. The highest BCUT2D eigenvalue weighted by molar-refractivity contribution is 8.00. The molecule has 0 aliphatic carbocycles. The van der Waals surface area contributed by atoms with Crippen molar-refractivity contribution >= 4 is 128 Å². The maximum absolute atomic E-state index is 15.7. The molecular weight excluding hydrogens is 1670 g/mol. The number of hydrogen-bond donors (Lipinski definition) is 18. The standard InChI is InChI=1S/C88H128N20O19S/c1-9-11-24-69-82(121)97-61(23-17-32-89)79(118)103-68(78(117)95-44-74(92)113)47-128-48-75(114)96-64(36-51-27-29-55(110)30-28-51)84(123)104(6)50(5)76(115)98-62(31-33-90)86(125)107-34-18-26-70(107)83(122)101-66(41-91)80(119)99-63(35-49(3)4)87(126)108-45-56(111)40-72(108)73(112)39-52(37-53-42-93-59-21-15-13-19-57(53)59)77(116)102-67(46-109)81(120)100-65(38-54-43-94-60-22-16-14-20-58(54)60)85(124)106(8)71(25-12-10-2)88(127)105(69)7/h13-16,19-22,27-30,42-43,49-50,52,56,61-72,93-94,109-111H,9-12,17-18,23-26,31-41,44-48,89-91H2,1-8H3,(H2,92,113)(H,95,117)(H,96,114)(H,97,121)(H,98,115)(H,99,119)(H,100,120)(H,101,122)(H,102,116)(H,103,118)/t50-,52+,56+,61-,62-,63-,64-,65-,66-,67-,68-,69-,70-,71-,72-/m0/s1. The number of rotatable bonds is 24. The Hall–Kier alpha value is -11.6. The number of nitrogens with one attached hydrogen (secondary N) is 11. The van der Waals surface area contributed by atoms with Crippen molar-refractivity contribution in [2.45, 2.75) is 228 Å². The van der Waals surface area contributed by atoms with E-state index in [1.165, 1.54) is 62.1 Å². The molecule has 5 heterocycles. The number of nitrogens with zero attached hydrogens (tertiary/aromatic N) is 5. The van der Waals surface area contributed by atoms with Gasteiger partial charge in [0.1, 0.15) is 78.3 Å². The molecule has 22 N–H and O–H groups in total. The lowest BCUT2D eigenvalue weighted by atomic mass is 9.90. The van der Waals surface area contributed by atoms with Gasteiger partial charge in [0.25, 0.3) is 0 Å². The zero-order valence-corrected chi connectivity index (χ0v) is 74.8. The van der Waals surface area contributed by atoms with Crippen LogP contribution in [0.25, 0.3) is 21.8 Å². The van der Waals surface area contributed by atoms with E-state index in [1.54, 1.807) is 74.8 Å². The molecule has 128 heavy (non-hydrogen) atoms. The Morgan fingerprint density at radius 1 is 0.555 bits per heavy atom. The number of hydrogen-bond acceptors (Lipinski definition) is 23. The molecule has 8 rings (SSSR count). The molecular formula is C88H128N20O19S. The Balaban J connectivity index is 1.17. The number of unbranched alkanes of at least 4 members (excludes halogenated alkanes) is 2. The number of para-hydroxylation sites is 2. The Labute approximate surface area is 748 Å².